The molecule has 2 heterocycles. The third-order valence-corrected chi connectivity index (χ3v) is 3.58. The van der Waals surface area contributed by atoms with Crippen molar-refractivity contribution in [3.05, 3.63) is 0 Å². The Hall–Kier alpha value is -0.610. The zero-order chi connectivity index (χ0) is 11.5. The van der Waals surface area contributed by atoms with E-state index in [-0.39, 0.29) is 24.0 Å². The molecule has 4 nitrogen and oxygen atoms in total. The molecule has 4 unspecified atom stereocenters. The van der Waals surface area contributed by atoms with Gasteiger partial charge in [-0.25, -0.2) is 0 Å². The largest absolute Gasteiger partial charge is 0.373 e. The second kappa shape index (κ2) is 5.15. The Morgan fingerprint density at radius 1 is 1.50 bits per heavy atom. The van der Waals surface area contributed by atoms with Gasteiger partial charge >= 0.3 is 0 Å². The van der Waals surface area contributed by atoms with Crippen molar-refractivity contribution in [3.8, 4) is 0 Å². The lowest BCUT2D eigenvalue weighted by molar-refractivity contribution is -0.125. The van der Waals surface area contributed by atoms with Gasteiger partial charge in [0.05, 0.1) is 18.2 Å². The van der Waals surface area contributed by atoms with Gasteiger partial charge in [-0.1, -0.05) is 13.8 Å². The highest BCUT2D eigenvalue weighted by atomic mass is 16.5. The summed E-state index contributed by atoms with van der Waals surface area (Å²) in [6.07, 6.45) is 3.96. The molecule has 0 saturated carbocycles. The van der Waals surface area contributed by atoms with Gasteiger partial charge in [-0.05, 0) is 25.8 Å². The van der Waals surface area contributed by atoms with E-state index < -0.39 is 0 Å². The standard InChI is InChI=1S/C12H22N2O2/c1-3-13-7-8(2)12(15)14-10-6-9-4-5-11(10)16-9/h8-11,13H,3-7H2,1-2H3,(H,14,15). The lowest BCUT2D eigenvalue weighted by Gasteiger charge is -2.22. The van der Waals surface area contributed by atoms with E-state index in [0.29, 0.717) is 6.10 Å². The number of rotatable bonds is 5. The van der Waals surface area contributed by atoms with Crippen molar-refractivity contribution >= 4 is 5.91 Å². The first-order chi connectivity index (χ1) is 7.70. The van der Waals surface area contributed by atoms with Crippen molar-refractivity contribution in [2.45, 2.75) is 51.4 Å². The van der Waals surface area contributed by atoms with Crippen LogP contribution in [-0.4, -0.2) is 37.2 Å². The second-order valence-electron chi connectivity index (χ2n) is 4.93. The third-order valence-electron chi connectivity index (χ3n) is 3.58. The maximum atomic E-state index is 11.9. The molecule has 2 N–H and O–H groups in total. The molecule has 4 atom stereocenters. The molecule has 2 saturated heterocycles. The Balaban J connectivity index is 1.74. The minimum Gasteiger partial charge on any atom is -0.373 e. The average Bonchev–Trinajstić information content (AvgIpc) is 2.87. The van der Waals surface area contributed by atoms with Crippen LogP contribution in [0.2, 0.25) is 0 Å². The van der Waals surface area contributed by atoms with Gasteiger partial charge in [-0.3, -0.25) is 4.79 Å². The molecule has 2 aliphatic heterocycles. The van der Waals surface area contributed by atoms with Crippen LogP contribution in [0.15, 0.2) is 0 Å². The lowest BCUT2D eigenvalue weighted by Crippen LogP contribution is -2.45. The highest BCUT2D eigenvalue weighted by Gasteiger charge is 2.41. The van der Waals surface area contributed by atoms with Gasteiger partial charge in [-0.2, -0.15) is 0 Å². The Kier molecular flexibility index (Phi) is 3.82. The number of amides is 1. The molecule has 2 fully saturated rings. The van der Waals surface area contributed by atoms with E-state index in [1.54, 1.807) is 0 Å². The normalized spacial score (nSPS) is 34.0. The number of carbonyl (C=O) groups is 1. The summed E-state index contributed by atoms with van der Waals surface area (Å²) in [6.45, 7) is 5.68. The molecule has 4 heteroatoms. The fourth-order valence-electron chi connectivity index (χ4n) is 2.57. The Morgan fingerprint density at radius 3 is 2.88 bits per heavy atom. The summed E-state index contributed by atoms with van der Waals surface area (Å²) in [7, 11) is 0. The molecule has 0 aliphatic carbocycles. The van der Waals surface area contributed by atoms with Crippen LogP contribution in [0.5, 0.6) is 0 Å². The lowest BCUT2D eigenvalue weighted by atomic mass is 9.95. The van der Waals surface area contributed by atoms with E-state index in [1.807, 2.05) is 13.8 Å². The number of nitrogens with one attached hydrogen (secondary N) is 2. The Bertz CT molecular complexity index is 257. The fraction of sp³-hybridized carbons (Fsp3) is 0.917. The first kappa shape index (κ1) is 11.9. The summed E-state index contributed by atoms with van der Waals surface area (Å²) in [5, 5.41) is 6.31. The molecule has 0 spiro atoms. The maximum Gasteiger partial charge on any atom is 0.224 e. The summed E-state index contributed by atoms with van der Waals surface area (Å²) in [6, 6.07) is 0.260. The van der Waals surface area contributed by atoms with Crippen molar-refractivity contribution in [1.82, 2.24) is 10.6 Å². The van der Waals surface area contributed by atoms with Gasteiger partial charge < -0.3 is 15.4 Å². The van der Waals surface area contributed by atoms with Gasteiger partial charge in [-0.15, -0.1) is 0 Å². The van der Waals surface area contributed by atoms with Gasteiger partial charge in [0.1, 0.15) is 0 Å². The monoisotopic (exact) mass is 226 g/mol. The first-order valence-electron chi connectivity index (χ1n) is 6.37. The first-order valence-corrected chi connectivity index (χ1v) is 6.37. The molecular weight excluding hydrogens is 204 g/mol. The molecule has 0 aromatic heterocycles. The SMILES string of the molecule is CCNCC(C)C(=O)NC1CC2CCC1O2. The molecule has 0 aromatic carbocycles. The smallest absolute Gasteiger partial charge is 0.224 e. The van der Waals surface area contributed by atoms with Crippen LogP contribution in [0.3, 0.4) is 0 Å². The van der Waals surface area contributed by atoms with Gasteiger partial charge in [0.25, 0.3) is 0 Å². The van der Waals surface area contributed by atoms with Crippen LogP contribution in [0.4, 0.5) is 0 Å². The topological polar surface area (TPSA) is 50.4 Å². The third kappa shape index (κ3) is 2.55. The zero-order valence-electron chi connectivity index (χ0n) is 10.2. The quantitative estimate of drug-likeness (QED) is 0.724. The van der Waals surface area contributed by atoms with E-state index in [2.05, 4.69) is 10.6 Å². The summed E-state index contributed by atoms with van der Waals surface area (Å²) in [5.74, 6) is 0.196. The number of carbonyl (C=O) groups excluding carboxylic acids is 1. The van der Waals surface area contributed by atoms with E-state index in [4.69, 9.17) is 4.74 Å². The van der Waals surface area contributed by atoms with Crippen LogP contribution in [0.25, 0.3) is 0 Å². The van der Waals surface area contributed by atoms with Crippen LogP contribution >= 0.6 is 0 Å². The molecular formula is C12H22N2O2. The highest BCUT2D eigenvalue weighted by molar-refractivity contribution is 5.78. The number of hydrogen-bond donors (Lipinski definition) is 2. The maximum absolute atomic E-state index is 11.9. The summed E-state index contributed by atoms with van der Waals surface area (Å²) in [4.78, 5) is 11.9. The van der Waals surface area contributed by atoms with Crippen LogP contribution < -0.4 is 10.6 Å². The summed E-state index contributed by atoms with van der Waals surface area (Å²) in [5.41, 5.74) is 0. The van der Waals surface area contributed by atoms with Gasteiger partial charge in [0, 0.05) is 12.5 Å². The predicted octanol–water partition coefficient (Wildman–Crippen LogP) is 0.668. The predicted molar refractivity (Wildman–Crippen MR) is 62.2 cm³/mol. The van der Waals surface area contributed by atoms with Crippen LogP contribution in [0, 0.1) is 5.92 Å². The zero-order valence-corrected chi connectivity index (χ0v) is 10.2. The van der Waals surface area contributed by atoms with E-state index >= 15 is 0 Å². The molecule has 2 bridgehead atoms. The molecule has 92 valence electrons. The van der Waals surface area contributed by atoms with E-state index in [9.17, 15) is 4.79 Å². The van der Waals surface area contributed by atoms with Crippen LogP contribution in [0.1, 0.15) is 33.1 Å². The van der Waals surface area contributed by atoms with Gasteiger partial charge in [0.15, 0.2) is 0 Å². The Labute approximate surface area is 97.1 Å². The van der Waals surface area contributed by atoms with Crippen LogP contribution in [-0.2, 0) is 9.53 Å². The highest BCUT2D eigenvalue weighted by Crippen LogP contribution is 2.34. The fourth-order valence-corrected chi connectivity index (χ4v) is 2.57. The van der Waals surface area contributed by atoms with Crippen molar-refractivity contribution < 1.29 is 9.53 Å². The number of fused-ring (bicyclic) bond motifs is 2. The van der Waals surface area contributed by atoms with Crippen molar-refractivity contribution in [2.24, 2.45) is 5.92 Å². The minimum absolute atomic E-state index is 0.0408. The molecule has 2 aliphatic rings. The summed E-state index contributed by atoms with van der Waals surface area (Å²) < 4.78 is 5.72. The van der Waals surface area contributed by atoms with Crippen molar-refractivity contribution in [2.75, 3.05) is 13.1 Å². The van der Waals surface area contributed by atoms with Gasteiger partial charge in [0.2, 0.25) is 5.91 Å². The Morgan fingerprint density at radius 2 is 2.31 bits per heavy atom. The molecule has 0 aromatic rings. The number of hydrogen-bond acceptors (Lipinski definition) is 3. The minimum atomic E-state index is 0.0408. The molecule has 1 amide bonds. The van der Waals surface area contributed by atoms with Crippen molar-refractivity contribution in [3.63, 3.8) is 0 Å². The van der Waals surface area contributed by atoms with E-state index in [0.717, 1.165) is 25.9 Å². The molecule has 16 heavy (non-hydrogen) atoms. The molecule has 0 radical (unpaired) electrons. The second-order valence-corrected chi connectivity index (χ2v) is 4.93. The average molecular weight is 226 g/mol. The van der Waals surface area contributed by atoms with E-state index in [1.165, 1.54) is 6.42 Å². The number of ether oxygens (including phenoxy) is 1. The van der Waals surface area contributed by atoms with Crippen molar-refractivity contribution in [1.29, 1.82) is 0 Å². The molecule has 2 rings (SSSR count). The summed E-state index contributed by atoms with van der Waals surface area (Å²) >= 11 is 0.